The molecule has 5 rings (SSSR count). The molecule has 0 radical (unpaired) electrons. The molecule has 2 aliphatic heterocycles. The minimum Gasteiger partial charge on any atom is -0.496 e. The summed E-state index contributed by atoms with van der Waals surface area (Å²) in [6.45, 7) is 6.12. The van der Waals surface area contributed by atoms with Crippen molar-refractivity contribution in [1.82, 2.24) is 9.88 Å². The monoisotopic (exact) mass is 492 g/mol. The summed E-state index contributed by atoms with van der Waals surface area (Å²) in [5.41, 5.74) is 4.90. The number of methoxy groups -OCH3 is 1. The predicted octanol–water partition coefficient (Wildman–Crippen LogP) is 5.33. The second-order valence-electron chi connectivity index (χ2n) is 10.1. The van der Waals surface area contributed by atoms with E-state index in [1.807, 2.05) is 18.3 Å². The molecule has 2 N–H and O–H groups in total. The SMILES string of the molecule is COc1cc(C)c2[nH]ccc2c1CN1CC[C@H](OCC2CCCOC2)C[C@H]1c1ccc(C(=O)O)cc1. The number of ether oxygens (including phenoxy) is 3. The van der Waals surface area contributed by atoms with Crippen LogP contribution in [-0.4, -0.2) is 60.5 Å². The molecule has 1 aromatic heterocycles. The van der Waals surface area contributed by atoms with Gasteiger partial charge in [-0.3, -0.25) is 4.90 Å². The van der Waals surface area contributed by atoms with E-state index in [0.717, 1.165) is 74.6 Å². The number of fused-ring (bicyclic) bond motifs is 1. The van der Waals surface area contributed by atoms with Gasteiger partial charge in [-0.2, -0.15) is 0 Å². The molecule has 7 nitrogen and oxygen atoms in total. The molecule has 2 saturated heterocycles. The standard InChI is InChI=1S/C29H36N2O5/c1-19-14-27(34-2)25(24-9-11-30-28(19)24)16-31-12-10-23(36-18-20-4-3-13-35-17-20)15-26(31)21-5-7-22(8-6-21)29(32)33/h5-9,11,14,20,23,26,30H,3-4,10,12-13,15-18H2,1-2H3,(H,32,33)/t20?,23-,26-/m0/s1. The smallest absolute Gasteiger partial charge is 0.335 e. The number of carboxylic acid groups (broad SMARTS) is 1. The van der Waals surface area contributed by atoms with Crippen molar-refractivity contribution >= 4 is 16.9 Å². The summed E-state index contributed by atoms with van der Waals surface area (Å²) < 4.78 is 17.9. The largest absolute Gasteiger partial charge is 0.496 e. The zero-order valence-electron chi connectivity index (χ0n) is 21.2. The molecular weight excluding hydrogens is 456 g/mol. The first-order valence-corrected chi connectivity index (χ1v) is 12.9. The lowest BCUT2D eigenvalue weighted by Gasteiger charge is -2.40. The van der Waals surface area contributed by atoms with Gasteiger partial charge in [0.15, 0.2) is 0 Å². The van der Waals surface area contributed by atoms with Crippen LogP contribution in [-0.2, 0) is 16.0 Å². The minimum atomic E-state index is -0.905. The molecule has 3 atom stereocenters. The van der Waals surface area contributed by atoms with Gasteiger partial charge in [-0.25, -0.2) is 4.79 Å². The number of aromatic carboxylic acids is 1. The van der Waals surface area contributed by atoms with Crippen LogP contribution in [0.2, 0.25) is 0 Å². The highest BCUT2D eigenvalue weighted by molar-refractivity contribution is 5.88. The topological polar surface area (TPSA) is 84.0 Å². The Labute approximate surface area is 212 Å². The summed E-state index contributed by atoms with van der Waals surface area (Å²) in [6.07, 6.45) is 6.25. The lowest BCUT2D eigenvalue weighted by Crippen LogP contribution is -2.40. The number of aromatic amines is 1. The number of nitrogens with one attached hydrogen (secondary N) is 1. The van der Waals surface area contributed by atoms with Gasteiger partial charge in [0.2, 0.25) is 0 Å². The highest BCUT2D eigenvalue weighted by atomic mass is 16.5. The number of likely N-dealkylation sites (tertiary alicyclic amines) is 1. The maximum atomic E-state index is 11.4. The number of hydrogen-bond donors (Lipinski definition) is 2. The Hall–Kier alpha value is -2.87. The lowest BCUT2D eigenvalue weighted by molar-refractivity contribution is -0.0550. The van der Waals surface area contributed by atoms with Crippen molar-refractivity contribution in [2.75, 3.05) is 33.5 Å². The third-order valence-corrected chi connectivity index (χ3v) is 7.72. The van der Waals surface area contributed by atoms with E-state index in [1.165, 1.54) is 17.4 Å². The zero-order chi connectivity index (χ0) is 25.1. The fraction of sp³-hybridized carbons (Fsp3) is 0.483. The van der Waals surface area contributed by atoms with Gasteiger partial charge in [-0.05, 0) is 68.0 Å². The number of aryl methyl sites for hydroxylation is 1. The van der Waals surface area contributed by atoms with Crippen LogP contribution in [0.4, 0.5) is 0 Å². The first kappa shape index (κ1) is 24.8. The molecule has 1 unspecified atom stereocenters. The molecule has 0 spiro atoms. The van der Waals surface area contributed by atoms with Gasteiger partial charge in [0.25, 0.3) is 0 Å². The van der Waals surface area contributed by atoms with E-state index < -0.39 is 5.97 Å². The normalized spacial score (nSPS) is 23.1. The van der Waals surface area contributed by atoms with Crippen molar-refractivity contribution in [3.8, 4) is 5.75 Å². The summed E-state index contributed by atoms with van der Waals surface area (Å²) in [7, 11) is 1.73. The van der Waals surface area contributed by atoms with E-state index in [2.05, 4.69) is 28.9 Å². The van der Waals surface area contributed by atoms with Crippen LogP contribution in [0.25, 0.3) is 10.9 Å². The summed E-state index contributed by atoms with van der Waals surface area (Å²) in [5.74, 6) is 0.469. The Balaban J connectivity index is 1.39. The predicted molar refractivity (Wildman–Crippen MR) is 139 cm³/mol. The van der Waals surface area contributed by atoms with Gasteiger partial charge >= 0.3 is 5.97 Å². The summed E-state index contributed by atoms with van der Waals surface area (Å²) >= 11 is 0. The number of benzene rings is 2. The van der Waals surface area contributed by atoms with Gasteiger partial charge in [0, 0.05) is 54.3 Å². The molecule has 192 valence electrons. The third kappa shape index (κ3) is 5.28. The van der Waals surface area contributed by atoms with E-state index in [4.69, 9.17) is 14.2 Å². The Morgan fingerprint density at radius 1 is 1.22 bits per heavy atom. The van der Waals surface area contributed by atoms with Crippen LogP contribution in [0.15, 0.2) is 42.6 Å². The van der Waals surface area contributed by atoms with Crippen molar-refractivity contribution in [2.45, 2.75) is 51.3 Å². The van der Waals surface area contributed by atoms with E-state index in [0.29, 0.717) is 11.5 Å². The number of carboxylic acids is 1. The number of rotatable bonds is 8. The van der Waals surface area contributed by atoms with Crippen LogP contribution in [0, 0.1) is 12.8 Å². The molecule has 0 bridgehead atoms. The van der Waals surface area contributed by atoms with Gasteiger partial charge in [-0.1, -0.05) is 12.1 Å². The van der Waals surface area contributed by atoms with E-state index in [1.54, 1.807) is 19.2 Å². The molecule has 0 amide bonds. The van der Waals surface area contributed by atoms with E-state index >= 15 is 0 Å². The first-order chi connectivity index (χ1) is 17.5. The molecule has 0 aliphatic carbocycles. The summed E-state index contributed by atoms with van der Waals surface area (Å²) in [6, 6.07) is 11.7. The number of H-pyrrole nitrogens is 1. The maximum absolute atomic E-state index is 11.4. The van der Waals surface area contributed by atoms with Crippen LogP contribution in [0.5, 0.6) is 5.75 Å². The quantitative estimate of drug-likeness (QED) is 0.442. The Kier molecular flexibility index (Phi) is 7.60. The molecule has 2 fully saturated rings. The van der Waals surface area contributed by atoms with Crippen LogP contribution < -0.4 is 4.74 Å². The molecule has 36 heavy (non-hydrogen) atoms. The molecule has 0 saturated carbocycles. The average molecular weight is 493 g/mol. The van der Waals surface area contributed by atoms with Crippen molar-refractivity contribution in [3.05, 3.63) is 64.8 Å². The second-order valence-corrected chi connectivity index (χ2v) is 10.1. The van der Waals surface area contributed by atoms with Gasteiger partial charge in [0.1, 0.15) is 5.75 Å². The fourth-order valence-corrected chi connectivity index (χ4v) is 5.71. The number of piperidine rings is 1. The molecule has 2 aliphatic rings. The Bertz CT molecular complexity index is 1180. The Morgan fingerprint density at radius 2 is 2.06 bits per heavy atom. The maximum Gasteiger partial charge on any atom is 0.335 e. The summed E-state index contributed by atoms with van der Waals surface area (Å²) in [5, 5.41) is 10.6. The van der Waals surface area contributed by atoms with Gasteiger partial charge < -0.3 is 24.3 Å². The molecule has 3 aromatic rings. The molecule has 3 heterocycles. The zero-order valence-corrected chi connectivity index (χ0v) is 21.2. The number of nitrogens with zero attached hydrogens (tertiary/aromatic N) is 1. The average Bonchev–Trinajstić information content (AvgIpc) is 3.41. The first-order valence-electron chi connectivity index (χ1n) is 12.9. The van der Waals surface area contributed by atoms with Crippen LogP contribution in [0.3, 0.4) is 0 Å². The molecular formula is C29H36N2O5. The number of hydrogen-bond acceptors (Lipinski definition) is 5. The highest BCUT2D eigenvalue weighted by Crippen LogP contribution is 2.38. The fourth-order valence-electron chi connectivity index (χ4n) is 5.71. The van der Waals surface area contributed by atoms with Crippen molar-refractivity contribution < 1.29 is 24.1 Å². The molecule has 2 aromatic carbocycles. The number of aromatic nitrogens is 1. The van der Waals surface area contributed by atoms with Crippen molar-refractivity contribution in [1.29, 1.82) is 0 Å². The molecule has 7 heteroatoms. The Morgan fingerprint density at radius 3 is 2.78 bits per heavy atom. The van der Waals surface area contributed by atoms with Crippen LogP contribution in [0.1, 0.15) is 58.8 Å². The van der Waals surface area contributed by atoms with Crippen molar-refractivity contribution in [3.63, 3.8) is 0 Å². The lowest BCUT2D eigenvalue weighted by atomic mass is 9.91. The van der Waals surface area contributed by atoms with Gasteiger partial charge in [-0.15, -0.1) is 0 Å². The highest BCUT2D eigenvalue weighted by Gasteiger charge is 2.32. The van der Waals surface area contributed by atoms with Crippen molar-refractivity contribution in [2.24, 2.45) is 5.92 Å². The minimum absolute atomic E-state index is 0.120. The van der Waals surface area contributed by atoms with Gasteiger partial charge in [0.05, 0.1) is 32.0 Å². The van der Waals surface area contributed by atoms with E-state index in [-0.39, 0.29) is 12.1 Å². The second kappa shape index (κ2) is 11.0. The van der Waals surface area contributed by atoms with E-state index in [9.17, 15) is 9.90 Å². The third-order valence-electron chi connectivity index (χ3n) is 7.72. The summed E-state index contributed by atoms with van der Waals surface area (Å²) in [4.78, 5) is 17.3. The van der Waals surface area contributed by atoms with Crippen LogP contribution >= 0.6 is 0 Å². The number of carbonyl (C=O) groups is 1.